The number of carbonyl (C=O) groups is 1. The molecule has 0 unspecified atom stereocenters. The van der Waals surface area contributed by atoms with E-state index in [4.69, 9.17) is 0 Å². The maximum absolute atomic E-state index is 13.8. The zero-order chi connectivity index (χ0) is 24.2. The normalized spacial score (nSPS) is 28.3. The molecule has 4 bridgehead atoms. The van der Waals surface area contributed by atoms with Crippen molar-refractivity contribution >= 4 is 42.8 Å². The van der Waals surface area contributed by atoms with Gasteiger partial charge in [-0.05, 0) is 98.6 Å². The predicted molar refractivity (Wildman–Crippen MR) is 139 cm³/mol. The number of benzene rings is 2. The molecule has 3 N–H and O–H groups in total. The quantitative estimate of drug-likeness (QED) is 0.387. The van der Waals surface area contributed by atoms with Gasteiger partial charge >= 0.3 is 0 Å². The number of aromatic amines is 1. The van der Waals surface area contributed by atoms with Crippen LogP contribution in [0.25, 0.3) is 10.9 Å². The van der Waals surface area contributed by atoms with Crippen LogP contribution in [0, 0.1) is 17.8 Å². The number of sulfonamides is 1. The summed E-state index contributed by atoms with van der Waals surface area (Å²) in [5.74, 6) is 1.84. The van der Waals surface area contributed by atoms with Gasteiger partial charge in [-0.2, -0.15) is 4.72 Å². The van der Waals surface area contributed by atoms with Crippen LogP contribution in [0.2, 0.25) is 0 Å². The fraction of sp³-hybridized carbons (Fsp3) is 0.444. The molecule has 6 nitrogen and oxygen atoms in total. The fourth-order valence-electron chi connectivity index (χ4n) is 7.19. The third kappa shape index (κ3) is 4.56. The highest BCUT2D eigenvalue weighted by atomic mass is 79.9. The first-order valence-corrected chi connectivity index (χ1v) is 14.7. The van der Waals surface area contributed by atoms with Crippen LogP contribution in [0.3, 0.4) is 0 Å². The number of para-hydroxylation sites is 1. The molecular formula is C27H30BrN3O3S. The Labute approximate surface area is 214 Å². The van der Waals surface area contributed by atoms with E-state index >= 15 is 0 Å². The largest absolute Gasteiger partial charge is 0.361 e. The van der Waals surface area contributed by atoms with Crippen molar-refractivity contribution in [2.75, 3.05) is 0 Å². The highest BCUT2D eigenvalue weighted by Gasteiger charge is 2.52. The number of hydrogen-bond acceptors (Lipinski definition) is 3. The van der Waals surface area contributed by atoms with Gasteiger partial charge in [0.2, 0.25) is 15.9 Å². The van der Waals surface area contributed by atoms with Crippen LogP contribution in [0.5, 0.6) is 0 Å². The minimum atomic E-state index is -3.89. The summed E-state index contributed by atoms with van der Waals surface area (Å²) in [5.41, 5.74) is 1.70. The zero-order valence-corrected chi connectivity index (χ0v) is 21.9. The molecule has 0 saturated heterocycles. The molecule has 184 valence electrons. The molecule has 0 spiro atoms. The third-order valence-electron chi connectivity index (χ3n) is 8.26. The van der Waals surface area contributed by atoms with Crippen LogP contribution in [0.15, 0.2) is 64.1 Å². The molecule has 2 aromatic carbocycles. The van der Waals surface area contributed by atoms with Gasteiger partial charge in [-0.1, -0.05) is 34.1 Å². The first kappa shape index (κ1) is 23.3. The number of H-pyrrole nitrogens is 1. The van der Waals surface area contributed by atoms with E-state index in [-0.39, 0.29) is 22.8 Å². The second kappa shape index (κ2) is 8.75. The molecular weight excluding hydrogens is 526 g/mol. The predicted octanol–water partition coefficient (Wildman–Crippen LogP) is 4.91. The molecule has 1 aromatic heterocycles. The third-order valence-corrected chi connectivity index (χ3v) is 10.3. The zero-order valence-electron chi connectivity index (χ0n) is 19.5. The highest BCUT2D eigenvalue weighted by Crippen LogP contribution is 2.55. The van der Waals surface area contributed by atoms with Crippen LogP contribution >= 0.6 is 15.9 Å². The van der Waals surface area contributed by atoms with Gasteiger partial charge in [0.1, 0.15) is 6.04 Å². The Bertz CT molecular complexity index is 1330. The molecule has 4 fully saturated rings. The molecule has 0 aliphatic heterocycles. The molecule has 1 heterocycles. The summed E-state index contributed by atoms with van der Waals surface area (Å²) in [7, 11) is -3.89. The highest BCUT2D eigenvalue weighted by molar-refractivity contribution is 9.10. The molecule has 4 saturated carbocycles. The van der Waals surface area contributed by atoms with Crippen LogP contribution in [0.1, 0.15) is 44.1 Å². The molecule has 1 amide bonds. The van der Waals surface area contributed by atoms with E-state index in [0.29, 0.717) is 17.8 Å². The van der Waals surface area contributed by atoms with Crippen molar-refractivity contribution in [2.24, 2.45) is 17.8 Å². The Kier molecular flexibility index (Phi) is 5.81. The topological polar surface area (TPSA) is 91.1 Å². The molecule has 4 aliphatic carbocycles. The van der Waals surface area contributed by atoms with Crippen molar-refractivity contribution in [3.05, 3.63) is 64.8 Å². The average molecular weight is 557 g/mol. The second-order valence-corrected chi connectivity index (χ2v) is 13.5. The minimum Gasteiger partial charge on any atom is -0.361 e. The Morgan fingerprint density at radius 3 is 2.29 bits per heavy atom. The summed E-state index contributed by atoms with van der Waals surface area (Å²) >= 11 is 3.35. The number of amides is 1. The lowest BCUT2D eigenvalue weighted by Crippen LogP contribution is -2.63. The van der Waals surface area contributed by atoms with Crippen LogP contribution < -0.4 is 10.0 Å². The second-order valence-electron chi connectivity index (χ2n) is 10.9. The number of nitrogens with one attached hydrogen (secondary N) is 3. The lowest BCUT2D eigenvalue weighted by Gasteiger charge is -2.57. The standard InChI is InChI=1S/C27H30BrN3O3S/c28-21-5-7-22(8-6-21)35(33,34)31-25(12-20-16-29-24-4-2-1-3-23(20)24)26(32)30-27-13-17-9-18(14-27)11-19(10-17)15-27/h1-8,16-19,25,29,31H,9-15H2,(H,30,32)/t17?,18?,19?,25-,27?/m0/s1. The Morgan fingerprint density at radius 2 is 1.63 bits per heavy atom. The van der Waals surface area contributed by atoms with E-state index in [1.807, 2.05) is 30.5 Å². The molecule has 0 radical (unpaired) electrons. The van der Waals surface area contributed by atoms with Crippen LogP contribution in [0.4, 0.5) is 0 Å². The lowest BCUT2D eigenvalue weighted by atomic mass is 9.53. The van der Waals surface area contributed by atoms with Crippen molar-refractivity contribution in [1.82, 2.24) is 15.0 Å². The van der Waals surface area contributed by atoms with Gasteiger partial charge in [-0.15, -0.1) is 0 Å². The van der Waals surface area contributed by atoms with E-state index in [0.717, 1.165) is 40.2 Å². The Balaban J connectivity index is 1.29. The van der Waals surface area contributed by atoms with Crippen molar-refractivity contribution in [3.8, 4) is 0 Å². The smallest absolute Gasteiger partial charge is 0.241 e. The number of aromatic nitrogens is 1. The van der Waals surface area contributed by atoms with E-state index in [1.165, 1.54) is 19.3 Å². The summed E-state index contributed by atoms with van der Waals surface area (Å²) in [6.45, 7) is 0. The summed E-state index contributed by atoms with van der Waals surface area (Å²) < 4.78 is 30.1. The van der Waals surface area contributed by atoms with Gasteiger partial charge in [0.15, 0.2) is 0 Å². The molecule has 35 heavy (non-hydrogen) atoms. The van der Waals surface area contributed by atoms with E-state index in [9.17, 15) is 13.2 Å². The van der Waals surface area contributed by atoms with Crippen molar-refractivity contribution in [1.29, 1.82) is 0 Å². The summed E-state index contributed by atoms with van der Waals surface area (Å²) in [6.07, 6.45) is 9.05. The van der Waals surface area contributed by atoms with Crippen LogP contribution in [-0.2, 0) is 21.2 Å². The van der Waals surface area contributed by atoms with Crippen molar-refractivity contribution in [3.63, 3.8) is 0 Å². The van der Waals surface area contributed by atoms with E-state index in [2.05, 4.69) is 31.0 Å². The molecule has 4 aliphatic rings. The van der Waals surface area contributed by atoms with Gasteiger partial charge in [-0.3, -0.25) is 4.79 Å². The number of halogens is 1. The fourth-order valence-corrected chi connectivity index (χ4v) is 8.65. The van der Waals surface area contributed by atoms with Crippen molar-refractivity contribution < 1.29 is 13.2 Å². The number of carbonyl (C=O) groups excluding carboxylic acids is 1. The summed E-state index contributed by atoms with van der Waals surface area (Å²) in [6, 6.07) is 13.5. The molecule has 3 aromatic rings. The van der Waals surface area contributed by atoms with Crippen molar-refractivity contribution in [2.45, 2.75) is 61.4 Å². The van der Waals surface area contributed by atoms with E-state index in [1.54, 1.807) is 24.3 Å². The monoisotopic (exact) mass is 555 g/mol. The minimum absolute atomic E-state index is 0.146. The Hall–Kier alpha value is -2.16. The molecule has 8 heteroatoms. The summed E-state index contributed by atoms with van der Waals surface area (Å²) in [4.78, 5) is 17.2. The van der Waals surface area contributed by atoms with Gasteiger partial charge in [0.25, 0.3) is 0 Å². The maximum atomic E-state index is 13.8. The number of fused-ring (bicyclic) bond motifs is 1. The van der Waals surface area contributed by atoms with Crippen LogP contribution in [-0.4, -0.2) is 30.9 Å². The van der Waals surface area contributed by atoms with Gasteiger partial charge in [0, 0.05) is 27.1 Å². The molecule has 1 atom stereocenters. The van der Waals surface area contributed by atoms with Gasteiger partial charge < -0.3 is 10.3 Å². The summed E-state index contributed by atoms with van der Waals surface area (Å²) in [5, 5.41) is 4.39. The first-order valence-electron chi connectivity index (χ1n) is 12.4. The average Bonchev–Trinajstić information content (AvgIpc) is 3.20. The van der Waals surface area contributed by atoms with Gasteiger partial charge in [0.05, 0.1) is 4.90 Å². The first-order chi connectivity index (χ1) is 16.8. The van der Waals surface area contributed by atoms with E-state index < -0.39 is 16.1 Å². The Morgan fingerprint density at radius 1 is 1.00 bits per heavy atom. The number of rotatable bonds is 7. The molecule has 7 rings (SSSR count). The van der Waals surface area contributed by atoms with Gasteiger partial charge in [-0.25, -0.2) is 8.42 Å². The number of hydrogen-bond donors (Lipinski definition) is 3. The SMILES string of the molecule is O=C(NC12CC3CC(CC(C3)C1)C2)[C@H](Cc1c[nH]c2ccccc12)NS(=O)(=O)c1ccc(Br)cc1. The maximum Gasteiger partial charge on any atom is 0.241 e. The lowest BCUT2D eigenvalue weighted by molar-refractivity contribution is -0.128.